The highest BCUT2D eigenvalue weighted by molar-refractivity contribution is 6.30. The van der Waals surface area contributed by atoms with Gasteiger partial charge in [0.15, 0.2) is 0 Å². The van der Waals surface area contributed by atoms with Gasteiger partial charge in [0, 0.05) is 29.9 Å². The van der Waals surface area contributed by atoms with Crippen molar-refractivity contribution in [3.63, 3.8) is 0 Å². The van der Waals surface area contributed by atoms with Crippen LogP contribution >= 0.6 is 11.6 Å². The van der Waals surface area contributed by atoms with Crippen molar-refractivity contribution in [2.45, 2.75) is 44.2 Å². The highest BCUT2D eigenvalue weighted by Gasteiger charge is 2.27. The monoisotopic (exact) mass is 308 g/mol. The van der Waals surface area contributed by atoms with Gasteiger partial charge in [0.05, 0.1) is 0 Å². The molecule has 0 spiro atoms. The van der Waals surface area contributed by atoms with Crippen LogP contribution in [0.15, 0.2) is 18.2 Å². The first-order valence-electron chi connectivity index (χ1n) is 7.59. The number of carbonyl (C=O) groups excluding carboxylic acids is 1. The topological polar surface area (TPSA) is 64.4 Å². The third-order valence-electron chi connectivity index (χ3n) is 4.53. The molecule has 0 saturated heterocycles. The number of primary amides is 1. The second kappa shape index (κ2) is 6.24. The van der Waals surface area contributed by atoms with Gasteiger partial charge < -0.3 is 15.8 Å². The number of nitrogens with one attached hydrogen (secondary N) is 1. The molecule has 1 unspecified atom stereocenters. The van der Waals surface area contributed by atoms with Crippen LogP contribution in [-0.2, 0) is 11.2 Å². The lowest BCUT2D eigenvalue weighted by atomic mass is 9.85. The minimum absolute atomic E-state index is 0.0668. The van der Waals surface area contributed by atoms with Gasteiger partial charge in [-0.3, -0.25) is 4.79 Å². The summed E-state index contributed by atoms with van der Waals surface area (Å²) in [5.41, 5.74) is 6.54. The molecule has 0 radical (unpaired) electrons. The van der Waals surface area contributed by atoms with E-state index in [1.54, 1.807) is 0 Å². The first-order valence-corrected chi connectivity index (χ1v) is 7.97. The molecule has 1 aliphatic heterocycles. The number of hydrogen-bond donors (Lipinski definition) is 2. The molecule has 1 amide bonds. The van der Waals surface area contributed by atoms with Crippen LogP contribution in [0.5, 0.6) is 5.75 Å². The maximum Gasteiger partial charge on any atom is 0.220 e. The molecule has 2 aliphatic rings. The molecule has 1 fully saturated rings. The molecule has 1 aliphatic carbocycles. The number of halogens is 1. The molecule has 21 heavy (non-hydrogen) atoms. The number of rotatable bonds is 4. The Bertz CT molecular complexity index is 527. The fourth-order valence-corrected chi connectivity index (χ4v) is 3.48. The molecule has 3 rings (SSSR count). The first kappa shape index (κ1) is 14.7. The second-order valence-electron chi connectivity index (χ2n) is 6.06. The molecular formula is C16H21ClN2O2. The van der Waals surface area contributed by atoms with E-state index in [4.69, 9.17) is 22.1 Å². The third-order valence-corrected chi connectivity index (χ3v) is 4.76. The number of fused-ring (bicyclic) bond motifs is 1. The van der Waals surface area contributed by atoms with Gasteiger partial charge in [0.2, 0.25) is 5.91 Å². The lowest BCUT2D eigenvalue weighted by molar-refractivity contribution is -0.122. The SMILES string of the molecule is NC(=O)C1CCC(NCC2Cc3cc(Cl)ccc3O2)CC1. The van der Waals surface area contributed by atoms with Gasteiger partial charge in [-0.2, -0.15) is 0 Å². The first-order chi connectivity index (χ1) is 10.1. The summed E-state index contributed by atoms with van der Waals surface area (Å²) in [7, 11) is 0. The minimum Gasteiger partial charge on any atom is -0.488 e. The van der Waals surface area contributed by atoms with Crippen LogP contribution in [0.2, 0.25) is 5.02 Å². The Hall–Kier alpha value is -1.26. The number of amides is 1. The molecule has 114 valence electrons. The average molecular weight is 309 g/mol. The standard InChI is InChI=1S/C16H21ClN2O2/c17-12-3-6-15-11(7-12)8-14(21-15)9-19-13-4-1-10(2-5-13)16(18)20/h3,6-7,10,13-14,19H,1-2,4-5,8-9H2,(H2,18,20). The van der Waals surface area contributed by atoms with Gasteiger partial charge in [0.25, 0.3) is 0 Å². The van der Waals surface area contributed by atoms with Crippen molar-refractivity contribution in [1.82, 2.24) is 5.32 Å². The van der Waals surface area contributed by atoms with Crippen molar-refractivity contribution < 1.29 is 9.53 Å². The summed E-state index contributed by atoms with van der Waals surface area (Å²) in [5.74, 6) is 0.862. The molecule has 1 saturated carbocycles. The molecule has 1 aromatic carbocycles. The zero-order valence-corrected chi connectivity index (χ0v) is 12.7. The molecular weight excluding hydrogens is 288 g/mol. The van der Waals surface area contributed by atoms with Crippen LogP contribution in [0.1, 0.15) is 31.2 Å². The quantitative estimate of drug-likeness (QED) is 0.897. The van der Waals surface area contributed by atoms with E-state index in [2.05, 4.69) is 5.32 Å². The summed E-state index contributed by atoms with van der Waals surface area (Å²) < 4.78 is 5.92. The van der Waals surface area contributed by atoms with Gasteiger partial charge in [-0.05, 0) is 49.4 Å². The largest absolute Gasteiger partial charge is 0.488 e. The summed E-state index contributed by atoms with van der Waals surface area (Å²) in [5, 5.41) is 4.32. The number of nitrogens with two attached hydrogens (primary N) is 1. The van der Waals surface area contributed by atoms with Crippen LogP contribution in [-0.4, -0.2) is 24.6 Å². The fraction of sp³-hybridized carbons (Fsp3) is 0.562. The van der Waals surface area contributed by atoms with Gasteiger partial charge in [0.1, 0.15) is 11.9 Å². The van der Waals surface area contributed by atoms with Gasteiger partial charge in [-0.1, -0.05) is 11.6 Å². The second-order valence-corrected chi connectivity index (χ2v) is 6.49. The van der Waals surface area contributed by atoms with E-state index in [-0.39, 0.29) is 17.9 Å². The lowest BCUT2D eigenvalue weighted by Crippen LogP contribution is -2.41. The van der Waals surface area contributed by atoms with Crippen LogP contribution in [0.3, 0.4) is 0 Å². The fourth-order valence-electron chi connectivity index (χ4n) is 3.28. The van der Waals surface area contributed by atoms with E-state index < -0.39 is 0 Å². The maximum atomic E-state index is 11.2. The zero-order chi connectivity index (χ0) is 14.8. The van der Waals surface area contributed by atoms with Crippen molar-refractivity contribution in [2.75, 3.05) is 6.54 Å². The summed E-state index contributed by atoms with van der Waals surface area (Å²) in [4.78, 5) is 11.2. The summed E-state index contributed by atoms with van der Waals surface area (Å²) in [6.45, 7) is 0.832. The minimum atomic E-state index is -0.153. The number of benzene rings is 1. The van der Waals surface area contributed by atoms with Crippen LogP contribution in [0.4, 0.5) is 0 Å². The Kier molecular flexibility index (Phi) is 4.36. The van der Waals surface area contributed by atoms with Gasteiger partial charge >= 0.3 is 0 Å². The van der Waals surface area contributed by atoms with Crippen LogP contribution < -0.4 is 15.8 Å². The molecule has 3 N–H and O–H groups in total. The van der Waals surface area contributed by atoms with E-state index in [9.17, 15) is 4.79 Å². The summed E-state index contributed by atoms with van der Waals surface area (Å²) in [6.07, 6.45) is 4.90. The summed E-state index contributed by atoms with van der Waals surface area (Å²) >= 11 is 6.00. The summed E-state index contributed by atoms with van der Waals surface area (Å²) in [6, 6.07) is 6.25. The zero-order valence-electron chi connectivity index (χ0n) is 12.0. The normalized spacial score (nSPS) is 28.0. The average Bonchev–Trinajstić information content (AvgIpc) is 2.87. The molecule has 1 heterocycles. The van der Waals surface area contributed by atoms with E-state index in [1.807, 2.05) is 18.2 Å². The van der Waals surface area contributed by atoms with Crippen LogP contribution in [0.25, 0.3) is 0 Å². The van der Waals surface area contributed by atoms with Gasteiger partial charge in [-0.15, -0.1) is 0 Å². The van der Waals surface area contributed by atoms with Crippen molar-refractivity contribution >= 4 is 17.5 Å². The Morgan fingerprint density at radius 3 is 2.81 bits per heavy atom. The van der Waals surface area contributed by atoms with Crippen molar-refractivity contribution in [3.8, 4) is 5.75 Å². The van der Waals surface area contributed by atoms with E-state index in [1.165, 1.54) is 5.56 Å². The van der Waals surface area contributed by atoms with E-state index in [0.717, 1.165) is 49.4 Å². The van der Waals surface area contributed by atoms with Crippen molar-refractivity contribution in [3.05, 3.63) is 28.8 Å². The maximum absolute atomic E-state index is 11.2. The predicted molar refractivity (Wildman–Crippen MR) is 82.5 cm³/mol. The molecule has 0 aromatic heterocycles. The highest BCUT2D eigenvalue weighted by Crippen LogP contribution is 2.31. The molecule has 1 aromatic rings. The Balaban J connectivity index is 1.44. The predicted octanol–water partition coefficient (Wildman–Crippen LogP) is 2.28. The van der Waals surface area contributed by atoms with Crippen LogP contribution in [0, 0.1) is 5.92 Å². The number of carbonyl (C=O) groups is 1. The molecule has 1 atom stereocenters. The Morgan fingerprint density at radius 2 is 2.10 bits per heavy atom. The van der Waals surface area contributed by atoms with E-state index in [0.29, 0.717) is 6.04 Å². The molecule has 4 nitrogen and oxygen atoms in total. The number of hydrogen-bond acceptors (Lipinski definition) is 3. The molecule has 0 bridgehead atoms. The van der Waals surface area contributed by atoms with Crippen molar-refractivity contribution in [1.29, 1.82) is 0 Å². The molecule has 5 heteroatoms. The lowest BCUT2D eigenvalue weighted by Gasteiger charge is -2.28. The van der Waals surface area contributed by atoms with E-state index >= 15 is 0 Å². The third kappa shape index (κ3) is 3.50. The van der Waals surface area contributed by atoms with Gasteiger partial charge in [-0.25, -0.2) is 0 Å². The number of ether oxygens (including phenoxy) is 1. The Labute approximate surface area is 130 Å². The smallest absolute Gasteiger partial charge is 0.220 e. The van der Waals surface area contributed by atoms with Crippen molar-refractivity contribution in [2.24, 2.45) is 11.7 Å². The Morgan fingerprint density at radius 1 is 1.33 bits per heavy atom. The highest BCUT2D eigenvalue weighted by atomic mass is 35.5.